The highest BCUT2D eigenvalue weighted by Crippen LogP contribution is 2.33. The molecular weight excluding hydrogens is 498 g/mol. The van der Waals surface area contributed by atoms with E-state index in [1.54, 1.807) is 48.5 Å². The van der Waals surface area contributed by atoms with Crippen LogP contribution in [-0.2, 0) is 21.4 Å². The number of aryl methyl sites for hydroxylation is 1. The van der Waals surface area contributed by atoms with Crippen molar-refractivity contribution in [3.05, 3.63) is 103 Å². The van der Waals surface area contributed by atoms with Crippen molar-refractivity contribution < 1.29 is 18.3 Å². The monoisotopic (exact) mass is 527 g/mol. The van der Waals surface area contributed by atoms with E-state index in [-0.39, 0.29) is 29.6 Å². The van der Waals surface area contributed by atoms with Crippen molar-refractivity contribution in [2.24, 2.45) is 0 Å². The summed E-state index contributed by atoms with van der Waals surface area (Å²) in [5.74, 6) is -0.323. The number of hydrogen-bond donors (Lipinski definition) is 2. The Hall–Kier alpha value is -4.14. The first-order valence-electron chi connectivity index (χ1n) is 12.4. The van der Waals surface area contributed by atoms with Gasteiger partial charge in [0.2, 0.25) is 5.91 Å². The van der Waals surface area contributed by atoms with E-state index in [4.69, 9.17) is 0 Å². The zero-order valence-electron chi connectivity index (χ0n) is 21.2. The molecule has 38 heavy (non-hydrogen) atoms. The summed E-state index contributed by atoms with van der Waals surface area (Å²) in [7, 11) is -4.08. The molecule has 1 aromatic heterocycles. The lowest BCUT2D eigenvalue weighted by atomic mass is 10.2. The fourth-order valence-corrected chi connectivity index (χ4v) is 6.33. The minimum atomic E-state index is -4.08. The van der Waals surface area contributed by atoms with Crippen LogP contribution in [0.4, 0.5) is 11.4 Å². The second kappa shape index (κ2) is 10.3. The number of anilines is 2. The van der Waals surface area contributed by atoms with Crippen LogP contribution in [0.1, 0.15) is 12.5 Å². The van der Waals surface area contributed by atoms with Crippen molar-refractivity contribution in [3.8, 4) is 0 Å². The van der Waals surface area contributed by atoms with Gasteiger partial charge >= 0.3 is 0 Å². The number of sulfonamides is 1. The molecule has 0 radical (unpaired) electrons. The standard InChI is InChI=1S/C30H29N3O4S/c1-21-15-17-24(18-16-21)38(36,37)33(30-14-8-5-11-27(30)31-22(2)34)20-23(35)19-32-28-12-6-3-9-25(28)26-10-4-7-13-29(26)32/h3-18,23,35H,19-20H2,1-2H3,(H,31,34)/t23-/m0/s1. The molecule has 0 unspecified atom stereocenters. The first-order chi connectivity index (χ1) is 18.3. The zero-order chi connectivity index (χ0) is 26.9. The summed E-state index contributed by atoms with van der Waals surface area (Å²) >= 11 is 0. The lowest BCUT2D eigenvalue weighted by Gasteiger charge is -2.29. The lowest BCUT2D eigenvalue weighted by Crippen LogP contribution is -2.39. The summed E-state index contributed by atoms with van der Waals surface area (Å²) in [5.41, 5.74) is 3.48. The number of aromatic nitrogens is 1. The topological polar surface area (TPSA) is 91.6 Å². The number of hydrogen-bond acceptors (Lipinski definition) is 4. The Bertz CT molecular complexity index is 1670. The Morgan fingerprint density at radius 2 is 1.42 bits per heavy atom. The van der Waals surface area contributed by atoms with Gasteiger partial charge in [-0.1, -0.05) is 66.2 Å². The van der Waals surface area contributed by atoms with Crippen molar-refractivity contribution in [2.45, 2.75) is 31.4 Å². The number of benzene rings is 4. The average Bonchev–Trinajstić information content (AvgIpc) is 3.21. The fraction of sp³-hybridized carbons (Fsp3) is 0.167. The molecular formula is C30H29N3O4S. The molecule has 7 nitrogen and oxygen atoms in total. The molecule has 0 spiro atoms. The Morgan fingerprint density at radius 1 is 0.868 bits per heavy atom. The van der Waals surface area contributed by atoms with Gasteiger partial charge in [0.15, 0.2) is 0 Å². The Labute approximate surface area is 222 Å². The van der Waals surface area contributed by atoms with E-state index in [2.05, 4.69) is 5.32 Å². The van der Waals surface area contributed by atoms with Crippen LogP contribution in [0.2, 0.25) is 0 Å². The summed E-state index contributed by atoms with van der Waals surface area (Å²) in [5, 5.41) is 16.2. The molecule has 5 aromatic rings. The largest absolute Gasteiger partial charge is 0.389 e. The Balaban J connectivity index is 1.57. The normalized spacial score (nSPS) is 12.5. The van der Waals surface area contributed by atoms with E-state index < -0.39 is 16.1 Å². The number of rotatable bonds is 8. The molecule has 0 fully saturated rings. The quantitative estimate of drug-likeness (QED) is 0.286. The Morgan fingerprint density at radius 3 is 2.03 bits per heavy atom. The van der Waals surface area contributed by atoms with Gasteiger partial charge in [0, 0.05) is 28.7 Å². The minimum Gasteiger partial charge on any atom is -0.389 e. The predicted octanol–water partition coefficient (Wildman–Crippen LogP) is 5.32. The van der Waals surface area contributed by atoms with Crippen LogP contribution in [-0.4, -0.2) is 36.6 Å². The molecule has 4 aromatic carbocycles. The van der Waals surface area contributed by atoms with Gasteiger partial charge in [-0.2, -0.15) is 0 Å². The lowest BCUT2D eigenvalue weighted by molar-refractivity contribution is -0.114. The van der Waals surface area contributed by atoms with Gasteiger partial charge in [0.1, 0.15) is 0 Å². The second-order valence-corrected chi connectivity index (χ2v) is 11.2. The molecule has 0 aliphatic heterocycles. The minimum absolute atomic E-state index is 0.102. The molecule has 194 valence electrons. The maximum absolute atomic E-state index is 13.9. The molecule has 8 heteroatoms. The molecule has 1 heterocycles. The van der Waals surface area contributed by atoms with Gasteiger partial charge < -0.3 is 15.0 Å². The van der Waals surface area contributed by atoms with Gasteiger partial charge in [-0.25, -0.2) is 8.42 Å². The summed E-state index contributed by atoms with van der Waals surface area (Å²) in [6.45, 7) is 3.21. The first-order valence-corrected chi connectivity index (χ1v) is 13.8. The van der Waals surface area contributed by atoms with Crippen molar-refractivity contribution in [1.29, 1.82) is 0 Å². The van der Waals surface area contributed by atoms with E-state index in [0.717, 1.165) is 27.4 Å². The molecule has 2 N–H and O–H groups in total. The number of amides is 1. The summed E-state index contributed by atoms with van der Waals surface area (Å²) in [6, 6.07) is 29.2. The molecule has 1 amide bonds. The van der Waals surface area contributed by atoms with Crippen LogP contribution >= 0.6 is 0 Å². The van der Waals surface area contributed by atoms with Crippen LogP contribution in [0.3, 0.4) is 0 Å². The van der Waals surface area contributed by atoms with E-state index in [0.29, 0.717) is 5.69 Å². The van der Waals surface area contributed by atoms with Crippen LogP contribution < -0.4 is 9.62 Å². The summed E-state index contributed by atoms with van der Waals surface area (Å²) in [4.78, 5) is 12.0. The molecule has 5 rings (SSSR count). The second-order valence-electron chi connectivity index (χ2n) is 9.35. The number of carbonyl (C=O) groups excluding carboxylic acids is 1. The zero-order valence-corrected chi connectivity index (χ0v) is 22.0. The SMILES string of the molecule is CC(=O)Nc1ccccc1N(C[C@@H](O)Cn1c2ccccc2c2ccccc21)S(=O)(=O)c1ccc(C)cc1. The Kier molecular flexibility index (Phi) is 6.93. The maximum Gasteiger partial charge on any atom is 0.264 e. The predicted molar refractivity (Wildman–Crippen MR) is 152 cm³/mol. The van der Waals surface area contributed by atoms with Crippen molar-refractivity contribution in [1.82, 2.24) is 4.57 Å². The molecule has 0 bridgehead atoms. The van der Waals surface area contributed by atoms with Crippen molar-refractivity contribution >= 4 is 49.1 Å². The molecule has 0 aliphatic carbocycles. The van der Waals surface area contributed by atoms with E-state index >= 15 is 0 Å². The van der Waals surface area contributed by atoms with Crippen molar-refractivity contribution in [3.63, 3.8) is 0 Å². The van der Waals surface area contributed by atoms with Crippen LogP contribution in [0.25, 0.3) is 21.8 Å². The maximum atomic E-state index is 13.9. The smallest absolute Gasteiger partial charge is 0.264 e. The van der Waals surface area contributed by atoms with Crippen LogP contribution in [0, 0.1) is 6.92 Å². The molecule has 1 atom stereocenters. The summed E-state index contributed by atoms with van der Waals surface area (Å²) < 4.78 is 31.1. The van der Waals surface area contributed by atoms with Gasteiger partial charge in [-0.05, 0) is 43.3 Å². The van der Waals surface area contributed by atoms with E-state index in [1.807, 2.05) is 60.0 Å². The molecule has 0 aliphatic rings. The highest BCUT2D eigenvalue weighted by atomic mass is 32.2. The average molecular weight is 528 g/mol. The molecule has 0 saturated carbocycles. The highest BCUT2D eigenvalue weighted by molar-refractivity contribution is 7.92. The van der Waals surface area contributed by atoms with E-state index in [9.17, 15) is 18.3 Å². The van der Waals surface area contributed by atoms with Crippen LogP contribution in [0.15, 0.2) is 102 Å². The van der Waals surface area contributed by atoms with Crippen molar-refractivity contribution in [2.75, 3.05) is 16.2 Å². The van der Waals surface area contributed by atoms with Crippen LogP contribution in [0.5, 0.6) is 0 Å². The third-order valence-electron chi connectivity index (χ3n) is 6.54. The summed E-state index contributed by atoms with van der Waals surface area (Å²) in [6.07, 6.45) is -1.06. The van der Waals surface area contributed by atoms with Gasteiger partial charge in [0.25, 0.3) is 10.0 Å². The number of carbonyl (C=O) groups is 1. The highest BCUT2D eigenvalue weighted by Gasteiger charge is 2.29. The number of fused-ring (bicyclic) bond motifs is 3. The fourth-order valence-electron chi connectivity index (χ4n) is 4.81. The number of nitrogens with zero attached hydrogens (tertiary/aromatic N) is 2. The van der Waals surface area contributed by atoms with E-state index in [1.165, 1.54) is 11.2 Å². The van der Waals surface area contributed by atoms with Gasteiger partial charge in [-0.15, -0.1) is 0 Å². The first kappa shape index (κ1) is 25.5. The number of aliphatic hydroxyl groups excluding tert-OH is 1. The van der Waals surface area contributed by atoms with Gasteiger partial charge in [0.05, 0.1) is 35.5 Å². The van der Waals surface area contributed by atoms with Gasteiger partial charge in [-0.3, -0.25) is 9.10 Å². The number of para-hydroxylation sites is 4. The third kappa shape index (κ3) is 4.88. The number of aliphatic hydroxyl groups is 1. The third-order valence-corrected chi connectivity index (χ3v) is 8.34. The molecule has 0 saturated heterocycles. The number of nitrogens with one attached hydrogen (secondary N) is 1.